The molecule has 0 bridgehead atoms. The first-order valence-electron chi connectivity index (χ1n) is 2.14. The van der Waals surface area contributed by atoms with Crippen LogP contribution in [0.1, 0.15) is 5.76 Å². The van der Waals surface area contributed by atoms with Crippen LogP contribution in [-0.4, -0.2) is 4.02 Å². The molecule has 0 atom stereocenters. The molecule has 0 aliphatic carbocycles. The quantitative estimate of drug-likeness (QED) is 0.801. The van der Waals surface area contributed by atoms with E-state index in [4.69, 9.17) is 10.2 Å². The van der Waals surface area contributed by atoms with Gasteiger partial charge in [-0.2, -0.15) is 0 Å². The first-order chi connectivity index (χ1) is 3.80. The average molecular weight is 279 g/mol. The Kier molecular flexibility index (Phi) is 1.76. The van der Waals surface area contributed by atoms with Crippen LogP contribution in [0.25, 0.3) is 0 Å². The van der Waals surface area contributed by atoms with Gasteiger partial charge in [0, 0.05) is 0 Å². The Bertz CT molecular complexity index is 180. The summed E-state index contributed by atoms with van der Waals surface area (Å²) in [7, 11) is 0. The van der Waals surface area contributed by atoms with Crippen molar-refractivity contribution in [1.29, 1.82) is 0 Å². The van der Waals surface area contributed by atoms with Crippen LogP contribution in [0.3, 0.4) is 0 Å². The fraction of sp³-hybridized carbons (Fsp3) is 0. The van der Waals surface area contributed by atoms with Crippen molar-refractivity contribution in [2.45, 2.75) is 0 Å². The first kappa shape index (κ1) is 5.93. The van der Waals surface area contributed by atoms with Crippen molar-refractivity contribution in [2.24, 2.45) is 5.73 Å². The molecule has 3 heteroatoms. The standard InChI is InChI=1S/C5H5NO.W/c6-4-5-2-1-3-7-5;/h1-3H,6H2;. The van der Waals surface area contributed by atoms with Crippen molar-refractivity contribution in [1.82, 2.24) is 0 Å². The molecule has 1 heterocycles. The minimum absolute atomic E-state index is 0.792. The molecule has 42 valence electrons. The summed E-state index contributed by atoms with van der Waals surface area (Å²) >= 11 is 1.25. The number of hydrogen-bond acceptors (Lipinski definition) is 2. The molecule has 2 N–H and O–H groups in total. The van der Waals surface area contributed by atoms with E-state index in [9.17, 15) is 0 Å². The van der Waals surface area contributed by atoms with Crippen LogP contribution in [0.4, 0.5) is 0 Å². The average Bonchev–Trinajstić information content (AvgIpc) is 2.12. The summed E-state index contributed by atoms with van der Waals surface area (Å²) in [4.78, 5) is 0. The Balaban J connectivity index is 2.93. The van der Waals surface area contributed by atoms with Crippen molar-refractivity contribution in [3.8, 4) is 0 Å². The van der Waals surface area contributed by atoms with Gasteiger partial charge in [0.15, 0.2) is 0 Å². The van der Waals surface area contributed by atoms with Gasteiger partial charge in [-0.3, -0.25) is 0 Å². The SMILES string of the molecule is N[C](=[W])c1ccco1. The van der Waals surface area contributed by atoms with Crippen molar-refractivity contribution >= 4 is 4.02 Å². The van der Waals surface area contributed by atoms with Crippen LogP contribution in [0.15, 0.2) is 22.8 Å². The molecule has 0 saturated carbocycles. The van der Waals surface area contributed by atoms with Gasteiger partial charge in [0.1, 0.15) is 0 Å². The topological polar surface area (TPSA) is 39.2 Å². The van der Waals surface area contributed by atoms with Gasteiger partial charge in [0.25, 0.3) is 0 Å². The van der Waals surface area contributed by atoms with E-state index in [-0.39, 0.29) is 0 Å². The summed E-state index contributed by atoms with van der Waals surface area (Å²) < 4.78 is 5.75. The van der Waals surface area contributed by atoms with Gasteiger partial charge in [0.2, 0.25) is 0 Å². The van der Waals surface area contributed by atoms with Crippen molar-refractivity contribution in [3.05, 3.63) is 24.2 Å². The Morgan fingerprint density at radius 1 is 1.75 bits per heavy atom. The summed E-state index contributed by atoms with van der Waals surface area (Å²) in [6.07, 6.45) is 1.62. The first-order valence-corrected chi connectivity index (χ1v) is 3.60. The third-order valence-corrected chi connectivity index (χ3v) is 1.49. The zero-order chi connectivity index (χ0) is 5.98. The van der Waals surface area contributed by atoms with Gasteiger partial charge in [-0.05, 0) is 0 Å². The Morgan fingerprint density at radius 2 is 2.50 bits per heavy atom. The molecule has 0 unspecified atom stereocenters. The molecule has 8 heavy (non-hydrogen) atoms. The van der Waals surface area contributed by atoms with Crippen LogP contribution in [-0.2, 0) is 19.4 Å². The summed E-state index contributed by atoms with van der Waals surface area (Å²) in [6.45, 7) is 0. The zero-order valence-corrected chi connectivity index (χ0v) is 7.06. The fourth-order valence-corrected chi connectivity index (χ4v) is 0.836. The molecular formula is C5H5NOW. The van der Waals surface area contributed by atoms with Gasteiger partial charge in [-0.25, -0.2) is 0 Å². The molecule has 0 radical (unpaired) electrons. The fourth-order valence-electron chi connectivity index (χ4n) is 0.419. The van der Waals surface area contributed by atoms with Crippen LogP contribution < -0.4 is 5.73 Å². The van der Waals surface area contributed by atoms with E-state index < -0.39 is 0 Å². The number of nitrogens with two attached hydrogens (primary N) is 1. The third kappa shape index (κ3) is 1.14. The summed E-state index contributed by atoms with van der Waals surface area (Å²) in [5.74, 6) is 0.792. The van der Waals surface area contributed by atoms with E-state index in [2.05, 4.69) is 0 Å². The van der Waals surface area contributed by atoms with Gasteiger partial charge in [-0.1, -0.05) is 0 Å². The predicted octanol–water partition coefficient (Wildman–Crippen LogP) is 0.263. The molecule has 1 aromatic heterocycles. The van der Waals surface area contributed by atoms with Gasteiger partial charge < -0.3 is 0 Å². The van der Waals surface area contributed by atoms with E-state index in [1.807, 2.05) is 12.1 Å². The molecule has 0 aromatic carbocycles. The van der Waals surface area contributed by atoms with Crippen molar-refractivity contribution in [2.75, 3.05) is 0 Å². The van der Waals surface area contributed by atoms with E-state index in [0.717, 1.165) is 9.78 Å². The molecule has 1 rings (SSSR count). The third-order valence-electron chi connectivity index (χ3n) is 0.764. The Hall–Kier alpha value is -0.202. The number of furan rings is 1. The number of hydrogen-bond donors (Lipinski definition) is 1. The van der Waals surface area contributed by atoms with E-state index in [1.165, 1.54) is 19.4 Å². The van der Waals surface area contributed by atoms with Crippen LogP contribution in [0.2, 0.25) is 0 Å². The van der Waals surface area contributed by atoms with Gasteiger partial charge in [0.05, 0.1) is 0 Å². The predicted molar refractivity (Wildman–Crippen MR) is 27.0 cm³/mol. The maximum absolute atomic E-state index is 5.42. The molecule has 0 aliphatic rings. The molecule has 0 saturated heterocycles. The van der Waals surface area contributed by atoms with Gasteiger partial charge >= 0.3 is 57.7 Å². The normalized spacial score (nSPS) is 9.12. The molecule has 0 aliphatic heterocycles. The molecule has 0 fully saturated rings. The van der Waals surface area contributed by atoms with Crippen molar-refractivity contribution < 1.29 is 23.8 Å². The maximum atomic E-state index is 5.42. The van der Waals surface area contributed by atoms with Crippen LogP contribution >= 0.6 is 0 Å². The summed E-state index contributed by atoms with van der Waals surface area (Å²) in [5, 5.41) is 0. The molecule has 0 amide bonds. The van der Waals surface area contributed by atoms with Crippen LogP contribution in [0.5, 0.6) is 0 Å². The molecule has 1 aromatic rings. The Labute approximate surface area is 58.1 Å². The monoisotopic (exact) mass is 279 g/mol. The molecule has 0 spiro atoms. The zero-order valence-electron chi connectivity index (χ0n) is 4.13. The molecular weight excluding hydrogens is 274 g/mol. The summed E-state index contributed by atoms with van der Waals surface area (Å²) in [6, 6.07) is 3.67. The van der Waals surface area contributed by atoms with E-state index in [1.54, 1.807) is 6.26 Å². The minimum atomic E-state index is 0.792. The number of rotatable bonds is 1. The van der Waals surface area contributed by atoms with Crippen molar-refractivity contribution in [3.63, 3.8) is 0 Å². The van der Waals surface area contributed by atoms with Gasteiger partial charge in [-0.15, -0.1) is 0 Å². The second-order valence-corrected chi connectivity index (χ2v) is 2.92. The molecule has 2 nitrogen and oxygen atoms in total. The Morgan fingerprint density at radius 3 is 2.75 bits per heavy atom. The second kappa shape index (κ2) is 2.38. The summed E-state index contributed by atoms with van der Waals surface area (Å²) in [5.41, 5.74) is 5.42. The second-order valence-electron chi connectivity index (χ2n) is 1.34. The van der Waals surface area contributed by atoms with E-state index >= 15 is 0 Å². The van der Waals surface area contributed by atoms with Crippen LogP contribution in [0, 0.1) is 0 Å². The van der Waals surface area contributed by atoms with E-state index in [0.29, 0.717) is 0 Å².